The monoisotopic (exact) mass is 309 g/mol. The fourth-order valence-electron chi connectivity index (χ4n) is 1.78. The average Bonchev–Trinajstić information content (AvgIpc) is 2.78. The molecule has 0 bridgehead atoms. The number of benzene rings is 1. The topological polar surface area (TPSA) is 83.4 Å². The molecule has 0 atom stereocenters. The summed E-state index contributed by atoms with van der Waals surface area (Å²) in [4.78, 5) is 23.4. The summed E-state index contributed by atoms with van der Waals surface area (Å²) in [7, 11) is 0. The van der Waals surface area contributed by atoms with Crippen LogP contribution in [0.4, 0.5) is 19.3 Å². The van der Waals surface area contributed by atoms with E-state index in [9.17, 15) is 18.4 Å². The molecule has 116 valence electrons. The first-order valence-electron chi connectivity index (χ1n) is 6.26. The van der Waals surface area contributed by atoms with E-state index >= 15 is 0 Å². The van der Waals surface area contributed by atoms with E-state index < -0.39 is 23.6 Å². The molecule has 22 heavy (non-hydrogen) atoms. The van der Waals surface area contributed by atoms with Crippen molar-refractivity contribution in [1.82, 2.24) is 10.9 Å². The number of nitrogens with one attached hydrogen (secondary N) is 3. The Labute approximate surface area is 124 Å². The summed E-state index contributed by atoms with van der Waals surface area (Å²) in [6.07, 6.45) is 0. The van der Waals surface area contributed by atoms with Crippen molar-refractivity contribution >= 4 is 17.6 Å². The van der Waals surface area contributed by atoms with Gasteiger partial charge in [0.25, 0.3) is 5.91 Å². The number of furan rings is 1. The molecule has 0 aliphatic carbocycles. The number of carbonyl (C=O) groups excluding carboxylic acids is 2. The minimum Gasteiger partial charge on any atom is -0.466 e. The van der Waals surface area contributed by atoms with E-state index in [4.69, 9.17) is 4.42 Å². The number of amides is 3. The van der Waals surface area contributed by atoms with Crippen molar-refractivity contribution in [2.75, 3.05) is 5.32 Å². The van der Waals surface area contributed by atoms with Crippen molar-refractivity contribution in [2.24, 2.45) is 0 Å². The zero-order chi connectivity index (χ0) is 16.3. The number of hydrogen-bond acceptors (Lipinski definition) is 3. The highest BCUT2D eigenvalue weighted by molar-refractivity contribution is 5.97. The lowest BCUT2D eigenvalue weighted by molar-refractivity contribution is 0.0936. The van der Waals surface area contributed by atoms with Crippen molar-refractivity contribution in [3.8, 4) is 0 Å². The van der Waals surface area contributed by atoms with E-state index in [-0.39, 0.29) is 11.3 Å². The minimum atomic E-state index is -0.928. The van der Waals surface area contributed by atoms with Crippen LogP contribution in [0.2, 0.25) is 0 Å². The normalized spacial score (nSPS) is 10.2. The Balaban J connectivity index is 1.92. The van der Waals surface area contributed by atoms with Crippen LogP contribution >= 0.6 is 0 Å². The molecule has 6 nitrogen and oxygen atoms in total. The molecule has 0 radical (unpaired) electrons. The van der Waals surface area contributed by atoms with Crippen molar-refractivity contribution in [3.63, 3.8) is 0 Å². The molecule has 0 fully saturated rings. The summed E-state index contributed by atoms with van der Waals surface area (Å²) in [5, 5.41) is 2.13. The first-order chi connectivity index (χ1) is 10.4. The van der Waals surface area contributed by atoms with Gasteiger partial charge in [-0.15, -0.1) is 0 Å². The molecular weight excluding hydrogens is 296 g/mol. The van der Waals surface area contributed by atoms with Crippen molar-refractivity contribution in [1.29, 1.82) is 0 Å². The number of urea groups is 1. The Morgan fingerprint density at radius 2 is 1.82 bits per heavy atom. The fourth-order valence-corrected chi connectivity index (χ4v) is 1.78. The molecule has 0 saturated carbocycles. The maximum absolute atomic E-state index is 13.3. The molecule has 3 N–H and O–H groups in total. The molecular formula is C14H13F2N3O3. The van der Waals surface area contributed by atoms with Crippen LogP contribution in [0.15, 0.2) is 28.7 Å². The van der Waals surface area contributed by atoms with Gasteiger partial charge in [-0.25, -0.2) is 19.0 Å². The first kappa shape index (κ1) is 15.5. The minimum absolute atomic E-state index is 0.219. The Morgan fingerprint density at radius 3 is 2.41 bits per heavy atom. The van der Waals surface area contributed by atoms with Gasteiger partial charge >= 0.3 is 6.03 Å². The Morgan fingerprint density at radius 1 is 1.09 bits per heavy atom. The van der Waals surface area contributed by atoms with E-state index in [0.717, 1.165) is 12.1 Å². The zero-order valence-electron chi connectivity index (χ0n) is 11.8. The number of halogens is 2. The van der Waals surface area contributed by atoms with Gasteiger partial charge in [-0.2, -0.15) is 0 Å². The summed E-state index contributed by atoms with van der Waals surface area (Å²) in [6.45, 7) is 3.29. The van der Waals surface area contributed by atoms with Crippen LogP contribution in [0.3, 0.4) is 0 Å². The number of anilines is 1. The second-order valence-corrected chi connectivity index (χ2v) is 4.48. The quantitative estimate of drug-likeness (QED) is 0.746. The summed E-state index contributed by atoms with van der Waals surface area (Å²) in [5.41, 5.74) is 4.25. The second-order valence-electron chi connectivity index (χ2n) is 4.48. The van der Waals surface area contributed by atoms with E-state index in [1.54, 1.807) is 13.8 Å². The molecule has 0 spiro atoms. The third-order valence-corrected chi connectivity index (χ3v) is 2.75. The highest BCUT2D eigenvalue weighted by atomic mass is 19.1. The molecule has 0 aliphatic heterocycles. The van der Waals surface area contributed by atoms with Crippen LogP contribution in [-0.2, 0) is 0 Å². The van der Waals surface area contributed by atoms with Gasteiger partial charge in [0.15, 0.2) is 0 Å². The molecule has 0 aliphatic rings. The summed E-state index contributed by atoms with van der Waals surface area (Å²) < 4.78 is 31.3. The van der Waals surface area contributed by atoms with Crippen molar-refractivity contribution < 1.29 is 22.8 Å². The number of hydrogen-bond donors (Lipinski definition) is 3. The molecule has 1 heterocycles. The van der Waals surface area contributed by atoms with E-state index in [1.165, 1.54) is 6.07 Å². The van der Waals surface area contributed by atoms with Gasteiger partial charge in [0, 0.05) is 6.07 Å². The third kappa shape index (κ3) is 3.60. The third-order valence-electron chi connectivity index (χ3n) is 2.75. The van der Waals surface area contributed by atoms with Gasteiger partial charge in [0.1, 0.15) is 23.2 Å². The van der Waals surface area contributed by atoms with Gasteiger partial charge in [0.2, 0.25) is 0 Å². The Bertz CT molecular complexity index is 728. The Kier molecular flexibility index (Phi) is 4.40. The van der Waals surface area contributed by atoms with Gasteiger partial charge < -0.3 is 9.73 Å². The standard InChI is InChI=1S/C14H13F2N3O3/c1-7-5-10(8(2)22-7)13(20)18-19-14(21)17-12-4-3-9(15)6-11(12)16/h3-6H,1-2H3,(H,18,20)(H2,17,19,21). The lowest BCUT2D eigenvalue weighted by Gasteiger charge is -2.09. The summed E-state index contributed by atoms with van der Waals surface area (Å²) in [6, 6.07) is 3.33. The summed E-state index contributed by atoms with van der Waals surface area (Å²) in [5.74, 6) is -1.31. The number of rotatable bonds is 2. The van der Waals surface area contributed by atoms with E-state index in [0.29, 0.717) is 17.6 Å². The summed E-state index contributed by atoms with van der Waals surface area (Å²) >= 11 is 0. The molecule has 1 aromatic carbocycles. The maximum atomic E-state index is 13.3. The molecule has 2 rings (SSSR count). The van der Waals surface area contributed by atoms with Gasteiger partial charge in [-0.05, 0) is 32.0 Å². The van der Waals surface area contributed by atoms with Crippen LogP contribution in [0.25, 0.3) is 0 Å². The number of aryl methyl sites for hydroxylation is 2. The smallest absolute Gasteiger partial charge is 0.338 e. The van der Waals surface area contributed by atoms with Gasteiger partial charge in [-0.3, -0.25) is 10.2 Å². The van der Waals surface area contributed by atoms with Crippen LogP contribution in [0.5, 0.6) is 0 Å². The molecule has 0 saturated heterocycles. The van der Waals surface area contributed by atoms with E-state index in [2.05, 4.69) is 16.2 Å². The molecule has 3 amide bonds. The highest BCUT2D eigenvalue weighted by Crippen LogP contribution is 2.15. The highest BCUT2D eigenvalue weighted by Gasteiger charge is 2.14. The molecule has 8 heteroatoms. The predicted octanol–water partition coefficient (Wildman–Crippen LogP) is 2.64. The van der Waals surface area contributed by atoms with Gasteiger partial charge in [-0.1, -0.05) is 0 Å². The van der Waals surface area contributed by atoms with Crippen LogP contribution < -0.4 is 16.2 Å². The lowest BCUT2D eigenvalue weighted by atomic mass is 10.2. The van der Waals surface area contributed by atoms with Gasteiger partial charge in [0.05, 0.1) is 11.3 Å². The fraction of sp³-hybridized carbons (Fsp3) is 0.143. The van der Waals surface area contributed by atoms with E-state index in [1.807, 2.05) is 0 Å². The lowest BCUT2D eigenvalue weighted by Crippen LogP contribution is -2.44. The second kappa shape index (κ2) is 6.25. The largest absolute Gasteiger partial charge is 0.466 e. The van der Waals surface area contributed by atoms with Crippen LogP contribution in [0, 0.1) is 25.5 Å². The Hall–Kier alpha value is -2.90. The molecule has 2 aromatic rings. The zero-order valence-corrected chi connectivity index (χ0v) is 11.8. The average molecular weight is 309 g/mol. The number of carbonyl (C=O) groups is 2. The molecule has 0 unspecified atom stereocenters. The maximum Gasteiger partial charge on any atom is 0.338 e. The number of hydrazine groups is 1. The first-order valence-corrected chi connectivity index (χ1v) is 6.26. The van der Waals surface area contributed by atoms with Crippen molar-refractivity contribution in [2.45, 2.75) is 13.8 Å². The predicted molar refractivity (Wildman–Crippen MR) is 74.2 cm³/mol. The van der Waals surface area contributed by atoms with Crippen molar-refractivity contribution in [3.05, 3.63) is 53.0 Å². The molecule has 1 aromatic heterocycles. The van der Waals surface area contributed by atoms with Crippen LogP contribution in [0.1, 0.15) is 21.9 Å². The SMILES string of the molecule is Cc1cc(C(=O)NNC(=O)Nc2ccc(F)cc2F)c(C)o1. The van der Waals surface area contributed by atoms with Crippen LogP contribution in [-0.4, -0.2) is 11.9 Å².